The van der Waals surface area contributed by atoms with Gasteiger partial charge in [-0.25, -0.2) is 9.59 Å². The third kappa shape index (κ3) is 8.85. The van der Waals surface area contributed by atoms with Gasteiger partial charge in [0.2, 0.25) is 5.91 Å². The molecular formula is C27H28N2O6. The van der Waals surface area contributed by atoms with Gasteiger partial charge in [-0.05, 0) is 28.8 Å². The number of hydrogen-bond acceptors (Lipinski definition) is 6. The van der Waals surface area contributed by atoms with Gasteiger partial charge in [-0.3, -0.25) is 4.79 Å². The van der Waals surface area contributed by atoms with Crippen LogP contribution >= 0.6 is 0 Å². The SMILES string of the molecule is COC(=O)[C@H](Cc1ccc(OCc2ccccc2)cc1)NC(=O)CNC(=O)OCc1ccccc1. The van der Waals surface area contributed by atoms with E-state index in [-0.39, 0.29) is 19.6 Å². The number of esters is 1. The van der Waals surface area contributed by atoms with Crippen LogP contribution in [0.2, 0.25) is 0 Å². The van der Waals surface area contributed by atoms with Crippen LogP contribution in [0.25, 0.3) is 0 Å². The van der Waals surface area contributed by atoms with Crippen LogP contribution in [0.15, 0.2) is 84.9 Å². The van der Waals surface area contributed by atoms with Crippen molar-refractivity contribution >= 4 is 18.0 Å². The largest absolute Gasteiger partial charge is 0.489 e. The zero-order chi connectivity index (χ0) is 24.9. The highest BCUT2D eigenvalue weighted by Gasteiger charge is 2.22. The molecular weight excluding hydrogens is 448 g/mol. The molecule has 1 atom stereocenters. The Labute approximate surface area is 204 Å². The van der Waals surface area contributed by atoms with Gasteiger partial charge in [-0.15, -0.1) is 0 Å². The summed E-state index contributed by atoms with van der Waals surface area (Å²) in [5.74, 6) is -0.441. The van der Waals surface area contributed by atoms with E-state index in [0.29, 0.717) is 12.4 Å². The fourth-order valence-corrected chi connectivity index (χ4v) is 3.21. The highest BCUT2D eigenvalue weighted by atomic mass is 16.5. The Morgan fingerprint density at radius 3 is 1.97 bits per heavy atom. The minimum atomic E-state index is -0.911. The summed E-state index contributed by atoms with van der Waals surface area (Å²) in [5.41, 5.74) is 2.69. The van der Waals surface area contributed by atoms with E-state index < -0.39 is 24.0 Å². The minimum absolute atomic E-state index is 0.0874. The standard InChI is InChI=1S/C27H28N2O6/c1-33-26(31)24(29-25(30)17-28-27(32)35-19-22-10-6-3-7-11-22)16-20-12-14-23(15-13-20)34-18-21-8-4-2-5-9-21/h2-15,24H,16-19H2,1H3,(H,28,32)(H,29,30)/t24-/m0/s1. The zero-order valence-electron chi connectivity index (χ0n) is 19.4. The van der Waals surface area contributed by atoms with Crippen molar-refractivity contribution in [3.05, 3.63) is 102 Å². The van der Waals surface area contributed by atoms with Crippen molar-refractivity contribution in [3.8, 4) is 5.75 Å². The van der Waals surface area contributed by atoms with Crippen LogP contribution in [0.3, 0.4) is 0 Å². The van der Waals surface area contributed by atoms with E-state index in [0.717, 1.165) is 16.7 Å². The Morgan fingerprint density at radius 2 is 1.37 bits per heavy atom. The molecule has 0 aliphatic heterocycles. The molecule has 0 saturated heterocycles. The maximum absolute atomic E-state index is 12.3. The molecule has 35 heavy (non-hydrogen) atoms. The van der Waals surface area contributed by atoms with Gasteiger partial charge in [-0.2, -0.15) is 0 Å². The normalized spacial score (nSPS) is 11.1. The molecule has 0 saturated carbocycles. The lowest BCUT2D eigenvalue weighted by Crippen LogP contribution is -2.47. The van der Waals surface area contributed by atoms with Gasteiger partial charge in [0, 0.05) is 6.42 Å². The van der Waals surface area contributed by atoms with Gasteiger partial charge < -0.3 is 24.8 Å². The zero-order valence-corrected chi connectivity index (χ0v) is 19.4. The smallest absolute Gasteiger partial charge is 0.407 e. The summed E-state index contributed by atoms with van der Waals surface area (Å²) in [6.45, 7) is 0.194. The van der Waals surface area contributed by atoms with Crippen LogP contribution < -0.4 is 15.4 Å². The second-order valence-corrected chi connectivity index (χ2v) is 7.68. The van der Waals surface area contributed by atoms with Crippen molar-refractivity contribution in [3.63, 3.8) is 0 Å². The second kappa shape index (κ2) is 13.4. The van der Waals surface area contributed by atoms with Crippen molar-refractivity contribution in [1.29, 1.82) is 0 Å². The number of hydrogen-bond donors (Lipinski definition) is 2. The fraction of sp³-hybridized carbons (Fsp3) is 0.222. The first-order chi connectivity index (χ1) is 17.0. The van der Waals surface area contributed by atoms with Crippen LogP contribution in [-0.2, 0) is 38.7 Å². The number of alkyl carbamates (subject to hydrolysis) is 1. The lowest BCUT2D eigenvalue weighted by molar-refractivity contribution is -0.144. The Hall–Kier alpha value is -4.33. The van der Waals surface area contributed by atoms with Gasteiger partial charge in [0.25, 0.3) is 0 Å². The molecule has 3 aromatic carbocycles. The molecule has 0 aliphatic rings. The number of methoxy groups -OCH3 is 1. The van der Waals surface area contributed by atoms with E-state index in [2.05, 4.69) is 10.6 Å². The first kappa shape index (κ1) is 25.3. The van der Waals surface area contributed by atoms with Crippen LogP contribution in [0.1, 0.15) is 16.7 Å². The predicted molar refractivity (Wildman–Crippen MR) is 129 cm³/mol. The van der Waals surface area contributed by atoms with E-state index in [1.807, 2.05) is 72.8 Å². The molecule has 0 bridgehead atoms. The number of ether oxygens (including phenoxy) is 3. The average Bonchev–Trinajstić information content (AvgIpc) is 2.90. The van der Waals surface area contributed by atoms with Crippen molar-refractivity contribution in [1.82, 2.24) is 10.6 Å². The van der Waals surface area contributed by atoms with Crippen LogP contribution in [0.5, 0.6) is 5.75 Å². The molecule has 0 unspecified atom stereocenters. The number of nitrogens with one attached hydrogen (secondary N) is 2. The average molecular weight is 477 g/mol. The highest BCUT2D eigenvalue weighted by molar-refractivity contribution is 5.87. The Kier molecular flexibility index (Phi) is 9.68. The summed E-state index contributed by atoms with van der Waals surface area (Å²) in [4.78, 5) is 36.4. The van der Waals surface area contributed by atoms with Crippen molar-refractivity contribution in [2.24, 2.45) is 0 Å². The van der Waals surface area contributed by atoms with E-state index in [1.165, 1.54) is 7.11 Å². The number of benzene rings is 3. The van der Waals surface area contributed by atoms with Crippen molar-refractivity contribution in [2.75, 3.05) is 13.7 Å². The molecule has 0 radical (unpaired) electrons. The van der Waals surface area contributed by atoms with E-state index >= 15 is 0 Å². The van der Waals surface area contributed by atoms with Gasteiger partial charge in [0.05, 0.1) is 7.11 Å². The van der Waals surface area contributed by atoms with Crippen molar-refractivity contribution < 1.29 is 28.6 Å². The third-order valence-corrected chi connectivity index (χ3v) is 5.04. The molecule has 182 valence electrons. The maximum atomic E-state index is 12.3. The topological polar surface area (TPSA) is 103 Å². The summed E-state index contributed by atoms with van der Waals surface area (Å²) >= 11 is 0. The lowest BCUT2D eigenvalue weighted by atomic mass is 10.1. The van der Waals surface area contributed by atoms with E-state index in [4.69, 9.17) is 14.2 Å². The molecule has 0 fully saturated rings. The predicted octanol–water partition coefficient (Wildman–Crippen LogP) is 3.39. The molecule has 8 nitrogen and oxygen atoms in total. The first-order valence-electron chi connectivity index (χ1n) is 11.1. The molecule has 0 aliphatic carbocycles. The van der Waals surface area contributed by atoms with E-state index in [1.54, 1.807) is 12.1 Å². The molecule has 8 heteroatoms. The third-order valence-electron chi connectivity index (χ3n) is 5.04. The molecule has 3 rings (SSSR count). The maximum Gasteiger partial charge on any atom is 0.407 e. The van der Waals surface area contributed by atoms with Gasteiger partial charge in [-0.1, -0.05) is 72.8 Å². The summed E-state index contributed by atoms with van der Waals surface area (Å²) in [6.07, 6.45) is -0.514. The highest BCUT2D eigenvalue weighted by Crippen LogP contribution is 2.15. The Bertz CT molecular complexity index is 1090. The number of amides is 2. The number of carbonyl (C=O) groups excluding carboxylic acids is 3. The molecule has 0 spiro atoms. The lowest BCUT2D eigenvalue weighted by Gasteiger charge is -2.17. The molecule has 0 heterocycles. The summed E-state index contributed by atoms with van der Waals surface area (Å²) < 4.78 is 15.7. The van der Waals surface area contributed by atoms with E-state index in [9.17, 15) is 14.4 Å². The summed E-state index contributed by atoms with van der Waals surface area (Å²) in [5, 5.41) is 4.96. The van der Waals surface area contributed by atoms with Gasteiger partial charge >= 0.3 is 12.1 Å². The summed E-state index contributed by atoms with van der Waals surface area (Å²) in [6, 6.07) is 25.3. The molecule has 2 amide bonds. The van der Waals surface area contributed by atoms with Crippen molar-refractivity contribution in [2.45, 2.75) is 25.7 Å². The Balaban J connectivity index is 1.46. The van der Waals surface area contributed by atoms with Crippen LogP contribution in [0, 0.1) is 0 Å². The molecule has 0 aromatic heterocycles. The second-order valence-electron chi connectivity index (χ2n) is 7.68. The molecule has 2 N–H and O–H groups in total. The number of rotatable bonds is 11. The van der Waals surface area contributed by atoms with Gasteiger partial charge in [0.15, 0.2) is 0 Å². The quantitative estimate of drug-likeness (QED) is 0.411. The monoisotopic (exact) mass is 476 g/mol. The Morgan fingerprint density at radius 1 is 0.771 bits per heavy atom. The number of carbonyl (C=O) groups is 3. The summed E-state index contributed by atoms with van der Waals surface area (Å²) in [7, 11) is 1.25. The fourth-order valence-electron chi connectivity index (χ4n) is 3.21. The molecule has 3 aromatic rings. The van der Waals surface area contributed by atoms with Gasteiger partial charge in [0.1, 0.15) is 31.5 Å². The first-order valence-corrected chi connectivity index (χ1v) is 11.1. The minimum Gasteiger partial charge on any atom is -0.489 e. The van der Waals surface area contributed by atoms with Crippen LogP contribution in [0.4, 0.5) is 4.79 Å². The van der Waals surface area contributed by atoms with Crippen LogP contribution in [-0.4, -0.2) is 37.7 Å².